The zero-order chi connectivity index (χ0) is 20.0. The summed E-state index contributed by atoms with van der Waals surface area (Å²) in [7, 11) is 0. The van der Waals surface area contributed by atoms with E-state index in [-0.39, 0.29) is 12.4 Å². The molecule has 7 nitrogen and oxygen atoms in total. The van der Waals surface area contributed by atoms with Gasteiger partial charge in [0.05, 0.1) is 0 Å². The lowest BCUT2D eigenvalue weighted by Crippen LogP contribution is -2.32. The van der Waals surface area contributed by atoms with Crippen LogP contribution in [0.5, 0.6) is 0 Å². The van der Waals surface area contributed by atoms with Gasteiger partial charge in [0, 0.05) is 12.1 Å². The summed E-state index contributed by atoms with van der Waals surface area (Å²) in [4.78, 5) is 26.8. The molecule has 7 heteroatoms. The van der Waals surface area contributed by atoms with Gasteiger partial charge in [-0.25, -0.2) is 0 Å². The van der Waals surface area contributed by atoms with Crippen molar-refractivity contribution >= 4 is 17.8 Å². The molecule has 27 heavy (non-hydrogen) atoms. The second-order valence-electron chi connectivity index (χ2n) is 6.36. The highest BCUT2D eigenvalue weighted by atomic mass is 16.4. The van der Waals surface area contributed by atoms with Gasteiger partial charge in [0.2, 0.25) is 0 Å². The van der Waals surface area contributed by atoms with Crippen molar-refractivity contribution in [3.63, 3.8) is 0 Å². The number of hydrogen-bond acceptors (Lipinski definition) is 3. The molecule has 1 unspecified atom stereocenters. The summed E-state index contributed by atoms with van der Waals surface area (Å²) in [5, 5.41) is 11.8. The summed E-state index contributed by atoms with van der Waals surface area (Å²) in [5.41, 5.74) is 15.8. The highest BCUT2D eigenvalue weighted by molar-refractivity contribution is 6.02. The van der Waals surface area contributed by atoms with Crippen LogP contribution in [0.1, 0.15) is 32.6 Å². The van der Waals surface area contributed by atoms with E-state index in [1.54, 1.807) is 24.3 Å². The molecule has 0 bridgehead atoms. The average Bonchev–Trinajstić information content (AvgIpc) is 2.63. The highest BCUT2D eigenvalue weighted by Gasteiger charge is 2.12. The molecule has 0 aliphatic rings. The summed E-state index contributed by atoms with van der Waals surface area (Å²) < 4.78 is 0. The average molecular weight is 368 g/mol. The second-order valence-corrected chi connectivity index (χ2v) is 6.36. The summed E-state index contributed by atoms with van der Waals surface area (Å²) in [6.07, 6.45) is 0.187. The van der Waals surface area contributed by atoms with E-state index < -0.39 is 17.9 Å². The number of nitrogens with two attached hydrogens (primary N) is 2. The van der Waals surface area contributed by atoms with Crippen LogP contribution in [0.15, 0.2) is 47.5 Å². The van der Waals surface area contributed by atoms with Crippen LogP contribution >= 0.6 is 0 Å². The molecule has 0 aliphatic carbocycles. The Kier molecular flexibility index (Phi) is 6.67. The fourth-order valence-corrected chi connectivity index (χ4v) is 2.53. The molecule has 1 atom stereocenters. The Balaban J connectivity index is 1.98. The number of nitrogens with one attached hydrogen (secondary N) is 1. The van der Waals surface area contributed by atoms with Crippen LogP contribution in [-0.4, -0.2) is 29.0 Å². The number of carbonyl (C=O) groups excluding carboxylic acids is 1. The quantitative estimate of drug-likeness (QED) is 0.451. The van der Waals surface area contributed by atoms with Gasteiger partial charge >= 0.3 is 5.97 Å². The number of carboxylic acids is 1. The largest absolute Gasteiger partial charge is 0.480 e. The van der Waals surface area contributed by atoms with Crippen LogP contribution in [0.4, 0.5) is 0 Å². The molecule has 0 fully saturated rings. The summed E-state index contributed by atoms with van der Waals surface area (Å²) in [5.74, 6) is -1.50. The minimum Gasteiger partial charge on any atom is -0.480 e. The van der Waals surface area contributed by atoms with E-state index >= 15 is 0 Å². The number of carboxylic acid groups (broad SMARTS) is 1. The van der Waals surface area contributed by atoms with Gasteiger partial charge in [-0.2, -0.15) is 4.99 Å². The lowest BCUT2D eigenvalue weighted by atomic mass is 10.0. The number of benzene rings is 2. The molecule has 0 saturated heterocycles. The van der Waals surface area contributed by atoms with Crippen molar-refractivity contribution in [3.8, 4) is 0 Å². The van der Waals surface area contributed by atoms with E-state index in [0.717, 1.165) is 11.1 Å². The standard InChI is InChI=1S/C20H24N4O3/c1-12-4-3-5-16(13(12)2)11-23-20(22)24-18(25)15-8-6-14(7-9-15)10-17(21)19(26)27/h3-9,17H,10-11,21H2,1-2H3,(H,26,27)(H3,22,23,24,25). The van der Waals surface area contributed by atoms with Crippen molar-refractivity contribution in [2.24, 2.45) is 16.5 Å². The fourth-order valence-electron chi connectivity index (χ4n) is 2.53. The first-order chi connectivity index (χ1) is 12.8. The van der Waals surface area contributed by atoms with Crippen LogP contribution < -0.4 is 16.8 Å². The molecular formula is C20H24N4O3. The van der Waals surface area contributed by atoms with Crippen molar-refractivity contribution in [3.05, 3.63) is 70.3 Å². The number of aliphatic carboxylic acids is 1. The normalized spacial score (nSPS) is 12.5. The molecule has 0 aliphatic heterocycles. The molecule has 0 saturated carbocycles. The van der Waals surface area contributed by atoms with Crippen LogP contribution in [0.3, 0.4) is 0 Å². The summed E-state index contributed by atoms with van der Waals surface area (Å²) in [6.45, 7) is 4.54. The molecule has 2 rings (SSSR count). The first-order valence-corrected chi connectivity index (χ1v) is 8.52. The van der Waals surface area contributed by atoms with Gasteiger partial charge in [-0.05, 0) is 54.7 Å². The minimum absolute atomic E-state index is 0.0397. The number of nitrogens with zero attached hydrogens (tertiary/aromatic N) is 1. The maximum absolute atomic E-state index is 12.2. The fraction of sp³-hybridized carbons (Fsp3) is 0.250. The number of aliphatic imine (C=N–C) groups is 1. The van der Waals surface area contributed by atoms with Crippen molar-refractivity contribution in [1.82, 2.24) is 5.32 Å². The summed E-state index contributed by atoms with van der Waals surface area (Å²) >= 11 is 0. The third-order valence-corrected chi connectivity index (χ3v) is 4.37. The van der Waals surface area contributed by atoms with Crippen molar-refractivity contribution in [2.45, 2.75) is 32.9 Å². The van der Waals surface area contributed by atoms with Gasteiger partial charge in [-0.3, -0.25) is 9.59 Å². The van der Waals surface area contributed by atoms with Crippen LogP contribution in [-0.2, 0) is 17.8 Å². The monoisotopic (exact) mass is 368 g/mol. The maximum Gasteiger partial charge on any atom is 0.320 e. The van der Waals surface area contributed by atoms with Gasteiger partial charge < -0.3 is 21.9 Å². The number of amides is 1. The number of aryl methyl sites for hydroxylation is 1. The Morgan fingerprint density at radius 3 is 2.44 bits per heavy atom. The zero-order valence-corrected chi connectivity index (χ0v) is 15.4. The maximum atomic E-state index is 12.2. The number of hydrogen-bond donors (Lipinski definition) is 4. The Hall–Kier alpha value is -3.19. The number of rotatable bonds is 6. The molecule has 2 aromatic carbocycles. The Labute approximate surface area is 158 Å². The lowest BCUT2D eigenvalue weighted by Gasteiger charge is -2.10. The van der Waals surface area contributed by atoms with E-state index in [2.05, 4.69) is 10.3 Å². The molecule has 6 N–H and O–H groups in total. The molecule has 0 aromatic heterocycles. The third-order valence-electron chi connectivity index (χ3n) is 4.37. The van der Waals surface area contributed by atoms with Gasteiger partial charge in [0.15, 0.2) is 5.96 Å². The van der Waals surface area contributed by atoms with Gasteiger partial charge in [0.1, 0.15) is 6.04 Å². The first-order valence-electron chi connectivity index (χ1n) is 8.52. The predicted octanol–water partition coefficient (Wildman–Crippen LogP) is 1.50. The lowest BCUT2D eigenvalue weighted by molar-refractivity contribution is -0.138. The zero-order valence-electron chi connectivity index (χ0n) is 15.4. The van der Waals surface area contributed by atoms with Crippen molar-refractivity contribution in [1.29, 1.82) is 0 Å². The van der Waals surface area contributed by atoms with Gasteiger partial charge in [-0.1, -0.05) is 30.3 Å². The Morgan fingerprint density at radius 1 is 1.15 bits per heavy atom. The van der Waals surface area contributed by atoms with Crippen molar-refractivity contribution in [2.75, 3.05) is 0 Å². The van der Waals surface area contributed by atoms with Gasteiger partial charge in [-0.15, -0.1) is 0 Å². The SMILES string of the molecule is Cc1cccc(CNC(N)=NC(=O)c2ccc(CC(N)C(=O)O)cc2)c1C. The third kappa shape index (κ3) is 5.65. The predicted molar refractivity (Wildman–Crippen MR) is 104 cm³/mol. The Morgan fingerprint density at radius 2 is 1.81 bits per heavy atom. The molecular weight excluding hydrogens is 344 g/mol. The summed E-state index contributed by atoms with van der Waals surface area (Å²) in [6, 6.07) is 11.5. The minimum atomic E-state index is -1.07. The van der Waals surface area contributed by atoms with E-state index in [1.165, 1.54) is 11.1 Å². The van der Waals surface area contributed by atoms with Crippen LogP contribution in [0.2, 0.25) is 0 Å². The molecule has 1 amide bonds. The second kappa shape index (κ2) is 8.95. The first kappa shape index (κ1) is 20.1. The molecule has 142 valence electrons. The number of carbonyl (C=O) groups is 2. The molecule has 0 spiro atoms. The van der Waals surface area contributed by atoms with E-state index in [9.17, 15) is 9.59 Å². The number of guanidine groups is 1. The van der Waals surface area contributed by atoms with E-state index in [0.29, 0.717) is 12.1 Å². The molecule has 0 radical (unpaired) electrons. The van der Waals surface area contributed by atoms with Crippen LogP contribution in [0, 0.1) is 13.8 Å². The van der Waals surface area contributed by atoms with E-state index in [1.807, 2.05) is 32.0 Å². The molecule has 2 aromatic rings. The highest BCUT2D eigenvalue weighted by Crippen LogP contribution is 2.12. The van der Waals surface area contributed by atoms with E-state index in [4.69, 9.17) is 16.6 Å². The van der Waals surface area contributed by atoms with Gasteiger partial charge in [0.25, 0.3) is 5.91 Å². The van der Waals surface area contributed by atoms with Crippen LogP contribution in [0.25, 0.3) is 0 Å². The topological polar surface area (TPSA) is 131 Å². The molecule has 0 heterocycles. The smallest absolute Gasteiger partial charge is 0.320 e. The Bertz CT molecular complexity index is 860. The van der Waals surface area contributed by atoms with Crippen molar-refractivity contribution < 1.29 is 14.7 Å².